The Morgan fingerprint density at radius 3 is 1.41 bits per heavy atom. The molecule has 0 saturated carbocycles. The number of hydrogen-bond acceptors (Lipinski definition) is 8. The Morgan fingerprint density at radius 1 is 0.500 bits per heavy atom. The van der Waals surface area contributed by atoms with E-state index in [1.54, 1.807) is 6.07 Å². The van der Waals surface area contributed by atoms with Crippen molar-refractivity contribution in [2.24, 2.45) is 0 Å². The van der Waals surface area contributed by atoms with Gasteiger partial charge in [-0.2, -0.15) is 0 Å². The molecule has 7 aromatic rings. The average molecular weight is 608 g/mol. The number of aromatic nitrogens is 8. The molecule has 0 unspecified atom stereocenters. The number of benzene rings is 4. The topological polar surface area (TPSA) is 135 Å². The number of nitrogens with one attached hydrogen (secondary N) is 2. The Hall–Kier alpha value is -5.71. The van der Waals surface area contributed by atoms with Gasteiger partial charge in [-0.05, 0) is 0 Å². The van der Waals surface area contributed by atoms with Crippen molar-refractivity contribution in [2.45, 2.75) is 0 Å². The van der Waals surface area contributed by atoms with Gasteiger partial charge in [0.05, 0.1) is 0 Å². The van der Waals surface area contributed by atoms with E-state index in [0.717, 1.165) is 33.0 Å². The Kier molecular flexibility index (Phi) is 5.31. The number of carbonyl (C=O) groups excluding carboxylic acids is 1. The van der Waals surface area contributed by atoms with Crippen LogP contribution in [0.15, 0.2) is 91.0 Å². The van der Waals surface area contributed by atoms with Crippen LogP contribution < -0.4 is 4.74 Å². The molecule has 0 radical (unpaired) electrons. The second-order valence-corrected chi connectivity index (χ2v) is 10.9. The normalized spacial score (nSPS) is 11.8. The van der Waals surface area contributed by atoms with Crippen LogP contribution in [0.2, 0.25) is 0 Å². The Bertz CT molecular complexity index is 2530. The van der Waals surface area contributed by atoms with Gasteiger partial charge in [-0.15, -0.1) is 0 Å². The summed E-state index contributed by atoms with van der Waals surface area (Å²) >= 11 is 1.88. The number of hydrogen-bond donors (Lipinski definition) is 2. The summed E-state index contributed by atoms with van der Waals surface area (Å²) in [6.07, 6.45) is 0. The minimum atomic E-state index is -0.501. The van der Waals surface area contributed by atoms with Gasteiger partial charge in [-0.3, -0.25) is 0 Å². The maximum atomic E-state index is 12.0. The molecule has 2 aliphatic heterocycles. The van der Waals surface area contributed by atoms with Crippen molar-refractivity contribution in [1.29, 1.82) is 0 Å². The molecule has 5 heterocycles. The van der Waals surface area contributed by atoms with Crippen LogP contribution in [0.1, 0.15) is 0 Å². The molecule has 9 rings (SSSR count). The first-order valence-corrected chi connectivity index (χ1v) is 14.4. The summed E-state index contributed by atoms with van der Waals surface area (Å²) in [7, 11) is 0. The molecule has 0 atom stereocenters. The van der Waals surface area contributed by atoms with Crippen LogP contribution in [0.3, 0.4) is 0 Å². The van der Waals surface area contributed by atoms with Gasteiger partial charge in [0.25, 0.3) is 0 Å². The fraction of sp³-hybridized carbons (Fsp3) is 0. The summed E-state index contributed by atoms with van der Waals surface area (Å²) in [6.45, 7) is 0. The number of ether oxygens (including phenoxy) is 1. The van der Waals surface area contributed by atoms with E-state index < -0.39 is 4.68 Å². The number of rotatable bonds is 1. The molecule has 8 bridgehead atoms. The standard InChI is InChI=1S/C33H17N8O2.V/c42-16-43-24-15-7-14-23-25(24)33-40-31-22-13-6-5-12-21(22)29(38-31)36-27-18-9-2-1-8-17(18)26(34-27)35-28-19-10-3-4-11-20(19)30(37-28)39-32(23)41-33;/h1-15H,(H2,34,35,36,37,38,39,40,41);. The molecule has 10 nitrogen and oxygen atoms in total. The molecule has 0 saturated heterocycles. The van der Waals surface area contributed by atoms with Gasteiger partial charge in [-0.25, -0.2) is 0 Å². The molecular weight excluding hydrogens is 591 g/mol. The van der Waals surface area contributed by atoms with Crippen LogP contribution in [-0.4, -0.2) is 44.6 Å². The van der Waals surface area contributed by atoms with Crippen LogP contribution in [0, 0.1) is 0 Å². The number of fused-ring (bicyclic) bond motifs is 20. The predicted octanol–water partition coefficient (Wildman–Crippen LogP) is 6.91. The third-order valence-corrected chi connectivity index (χ3v) is 7.88. The molecule has 0 spiro atoms. The fourth-order valence-corrected chi connectivity index (χ4v) is 5.99. The third-order valence-electron chi connectivity index (χ3n) is 7.74. The average Bonchev–Trinajstić information content (AvgIpc) is 3.77. The molecule has 4 aromatic carbocycles. The summed E-state index contributed by atoms with van der Waals surface area (Å²) in [4.78, 5) is 48.6. The second-order valence-electron chi connectivity index (χ2n) is 10.3. The number of H-pyrrole nitrogens is 2. The summed E-state index contributed by atoms with van der Waals surface area (Å²) in [5.41, 5.74) is 5.60. The van der Waals surface area contributed by atoms with E-state index >= 15 is 0 Å². The SMILES string of the molecule is O=[C]([V])Oc1cccc2c3nc4nc(nc5[nH]c(nc6nc(nc([nH]3)c12)-c1ccccc1-6)c1ccccc51)-c1ccccc1-4. The molecule has 206 valence electrons. The van der Waals surface area contributed by atoms with Crippen molar-refractivity contribution >= 4 is 48.8 Å². The van der Waals surface area contributed by atoms with E-state index in [9.17, 15) is 4.79 Å². The molecular formula is C33H17N8O2V. The summed E-state index contributed by atoms with van der Waals surface area (Å²) in [5, 5.41) is 3.13. The zero-order valence-corrected chi connectivity index (χ0v) is 24.0. The molecule has 0 fully saturated rings. The van der Waals surface area contributed by atoms with Crippen molar-refractivity contribution < 1.29 is 27.0 Å². The second kappa shape index (κ2) is 9.40. The van der Waals surface area contributed by atoms with Crippen molar-refractivity contribution in [2.75, 3.05) is 0 Å². The molecule has 0 aliphatic carbocycles. The van der Waals surface area contributed by atoms with Gasteiger partial charge in [0.1, 0.15) is 0 Å². The maximum absolute atomic E-state index is 12.0. The Labute approximate surface area is 257 Å². The minimum absolute atomic E-state index is 0.351. The van der Waals surface area contributed by atoms with Crippen LogP contribution in [0.4, 0.5) is 4.79 Å². The zero-order chi connectivity index (χ0) is 29.4. The van der Waals surface area contributed by atoms with Crippen LogP contribution in [0.25, 0.3) is 89.7 Å². The summed E-state index contributed by atoms with van der Waals surface area (Å²) in [5.74, 6) is 2.36. The first-order chi connectivity index (χ1) is 21.6. The van der Waals surface area contributed by atoms with E-state index in [0.29, 0.717) is 62.4 Å². The molecule has 2 N–H and O–H groups in total. The van der Waals surface area contributed by atoms with Crippen LogP contribution >= 0.6 is 0 Å². The van der Waals surface area contributed by atoms with Gasteiger partial charge in [0.15, 0.2) is 0 Å². The quantitative estimate of drug-likeness (QED) is 0.205. The van der Waals surface area contributed by atoms with Gasteiger partial charge in [0.2, 0.25) is 0 Å². The van der Waals surface area contributed by atoms with Crippen molar-refractivity contribution in [1.82, 2.24) is 39.9 Å². The van der Waals surface area contributed by atoms with Gasteiger partial charge in [0, 0.05) is 5.39 Å². The number of aromatic amines is 2. The van der Waals surface area contributed by atoms with Crippen molar-refractivity contribution in [3.05, 3.63) is 91.0 Å². The van der Waals surface area contributed by atoms with Gasteiger partial charge < -0.3 is 0 Å². The van der Waals surface area contributed by atoms with E-state index in [2.05, 4.69) is 9.97 Å². The molecule has 2 aliphatic rings. The van der Waals surface area contributed by atoms with Gasteiger partial charge in [-0.1, -0.05) is 24.3 Å². The first kappa shape index (κ1) is 24.9. The van der Waals surface area contributed by atoms with E-state index in [-0.39, 0.29) is 0 Å². The predicted molar refractivity (Wildman–Crippen MR) is 162 cm³/mol. The fourth-order valence-electron chi connectivity index (χ4n) is 5.84. The molecule has 0 amide bonds. The van der Waals surface area contributed by atoms with Crippen molar-refractivity contribution in [3.8, 4) is 51.3 Å². The van der Waals surface area contributed by atoms with Crippen molar-refractivity contribution in [3.63, 3.8) is 0 Å². The summed E-state index contributed by atoms with van der Waals surface area (Å²) < 4.78 is 5.09. The van der Waals surface area contributed by atoms with E-state index in [1.165, 1.54) is 0 Å². The number of nitrogens with zero attached hydrogens (tertiary/aromatic N) is 6. The van der Waals surface area contributed by atoms with Crippen LogP contribution in [0.5, 0.6) is 5.75 Å². The monoisotopic (exact) mass is 608 g/mol. The molecule has 44 heavy (non-hydrogen) atoms. The third kappa shape index (κ3) is 3.78. The molecule has 11 heteroatoms. The molecule has 3 aromatic heterocycles. The Balaban J connectivity index is 1.50. The van der Waals surface area contributed by atoms with E-state index in [1.807, 2.05) is 102 Å². The van der Waals surface area contributed by atoms with E-state index in [4.69, 9.17) is 34.6 Å². The Morgan fingerprint density at radius 2 is 0.909 bits per heavy atom. The van der Waals surface area contributed by atoms with Gasteiger partial charge >= 0.3 is 228 Å². The van der Waals surface area contributed by atoms with Crippen LogP contribution in [-0.2, 0) is 17.4 Å². The zero-order valence-electron chi connectivity index (χ0n) is 22.6. The first-order valence-electron chi connectivity index (χ1n) is 13.7. The summed E-state index contributed by atoms with van der Waals surface area (Å²) in [6, 6.07) is 29.1. The number of carbonyl (C=O) groups is 1.